The van der Waals surface area contributed by atoms with E-state index in [2.05, 4.69) is 5.01 Å². The summed E-state index contributed by atoms with van der Waals surface area (Å²) in [6.45, 7) is 1.48. The smallest absolute Gasteiger partial charge is 0.253 e. The number of carbonyl (C=O) groups excluding carboxylic acids is 2. The lowest BCUT2D eigenvalue weighted by Gasteiger charge is -2.29. The third kappa shape index (κ3) is 2.52. The van der Waals surface area contributed by atoms with Gasteiger partial charge in [0.1, 0.15) is 11.9 Å². The highest BCUT2D eigenvalue weighted by Crippen LogP contribution is 2.49. The molecule has 3 heterocycles. The van der Waals surface area contributed by atoms with E-state index in [0.717, 1.165) is 18.5 Å². The SMILES string of the molecule is O=C1[C@@H]2[C@@H](C(=O)N1c1ccc(Cl)c(Cl)c1)N1CCCN1[C@@H]2c1ccc(F)cc1. The molecule has 144 valence electrons. The van der Waals surface area contributed by atoms with Crippen LogP contribution in [0.25, 0.3) is 0 Å². The highest BCUT2D eigenvalue weighted by molar-refractivity contribution is 6.42. The van der Waals surface area contributed by atoms with E-state index in [1.165, 1.54) is 23.1 Å². The van der Waals surface area contributed by atoms with E-state index in [0.29, 0.717) is 17.3 Å². The van der Waals surface area contributed by atoms with Crippen LogP contribution in [-0.2, 0) is 9.59 Å². The summed E-state index contributed by atoms with van der Waals surface area (Å²) in [6, 6.07) is 10.1. The first kappa shape index (κ1) is 18.1. The average molecular weight is 420 g/mol. The molecule has 3 fully saturated rings. The molecule has 0 aliphatic carbocycles. The molecule has 2 amide bonds. The van der Waals surface area contributed by atoms with E-state index in [1.54, 1.807) is 24.3 Å². The van der Waals surface area contributed by atoms with Crippen molar-refractivity contribution >= 4 is 40.7 Å². The van der Waals surface area contributed by atoms with Crippen LogP contribution in [0.2, 0.25) is 10.0 Å². The number of anilines is 1. The molecule has 3 aliphatic heterocycles. The number of amides is 2. The zero-order valence-corrected chi connectivity index (χ0v) is 16.2. The Balaban J connectivity index is 1.58. The van der Waals surface area contributed by atoms with Crippen LogP contribution >= 0.6 is 23.2 Å². The minimum absolute atomic E-state index is 0.259. The van der Waals surface area contributed by atoms with Gasteiger partial charge in [0.25, 0.3) is 5.91 Å². The summed E-state index contributed by atoms with van der Waals surface area (Å²) in [5, 5.41) is 4.73. The van der Waals surface area contributed by atoms with Gasteiger partial charge >= 0.3 is 0 Å². The van der Waals surface area contributed by atoms with Crippen molar-refractivity contribution in [1.82, 2.24) is 10.0 Å². The van der Waals surface area contributed by atoms with E-state index >= 15 is 0 Å². The molecular weight excluding hydrogens is 404 g/mol. The minimum atomic E-state index is -0.556. The molecule has 0 unspecified atom stereocenters. The van der Waals surface area contributed by atoms with Crippen molar-refractivity contribution in [3.8, 4) is 0 Å². The topological polar surface area (TPSA) is 43.9 Å². The van der Waals surface area contributed by atoms with Gasteiger partial charge in [0.05, 0.1) is 27.7 Å². The number of benzene rings is 2. The molecule has 0 N–H and O–H groups in total. The van der Waals surface area contributed by atoms with E-state index in [1.807, 2.05) is 5.01 Å². The summed E-state index contributed by atoms with van der Waals surface area (Å²) in [4.78, 5) is 27.9. The van der Waals surface area contributed by atoms with Crippen LogP contribution < -0.4 is 4.90 Å². The van der Waals surface area contributed by atoms with Gasteiger partial charge in [-0.1, -0.05) is 35.3 Å². The van der Waals surface area contributed by atoms with E-state index in [9.17, 15) is 14.0 Å². The molecule has 2 aromatic rings. The van der Waals surface area contributed by atoms with Crippen LogP contribution in [0, 0.1) is 11.7 Å². The number of hydrogen-bond donors (Lipinski definition) is 0. The van der Waals surface area contributed by atoms with E-state index in [-0.39, 0.29) is 28.7 Å². The number of nitrogens with zero attached hydrogens (tertiary/aromatic N) is 3. The molecule has 0 bridgehead atoms. The second-order valence-corrected chi connectivity index (χ2v) is 8.07. The quantitative estimate of drug-likeness (QED) is 0.696. The molecule has 0 spiro atoms. The molecule has 0 radical (unpaired) electrons. The highest BCUT2D eigenvalue weighted by atomic mass is 35.5. The third-order valence-electron chi connectivity index (χ3n) is 5.78. The highest BCUT2D eigenvalue weighted by Gasteiger charge is 2.62. The van der Waals surface area contributed by atoms with Gasteiger partial charge in [-0.3, -0.25) is 9.59 Å². The maximum atomic E-state index is 13.4. The predicted octanol–water partition coefficient (Wildman–Crippen LogP) is 3.67. The largest absolute Gasteiger partial charge is 0.274 e. The maximum Gasteiger partial charge on any atom is 0.253 e. The number of hydrazine groups is 1. The lowest BCUT2D eigenvalue weighted by atomic mass is 9.90. The molecule has 5 rings (SSSR count). The van der Waals surface area contributed by atoms with Gasteiger partial charge < -0.3 is 0 Å². The fraction of sp³-hybridized carbons (Fsp3) is 0.300. The van der Waals surface area contributed by atoms with Crippen molar-refractivity contribution in [3.05, 3.63) is 63.9 Å². The Labute approximate surface area is 171 Å². The average Bonchev–Trinajstić information content (AvgIpc) is 3.31. The predicted molar refractivity (Wildman–Crippen MR) is 103 cm³/mol. The molecule has 3 saturated heterocycles. The van der Waals surface area contributed by atoms with Crippen molar-refractivity contribution < 1.29 is 14.0 Å². The second-order valence-electron chi connectivity index (χ2n) is 7.26. The monoisotopic (exact) mass is 419 g/mol. The molecule has 0 aromatic heterocycles. The van der Waals surface area contributed by atoms with Crippen molar-refractivity contribution in [2.45, 2.75) is 18.5 Å². The standard InChI is InChI=1S/C20H16Cl2FN3O2/c21-14-7-6-13(10-15(14)22)26-19(27)16-17(11-2-4-12(23)5-3-11)24-8-1-9-25(24)18(16)20(26)28/h2-7,10,16-18H,1,8-9H2/t16-,17+,18-/m0/s1. The molecule has 3 aliphatic rings. The lowest BCUT2D eigenvalue weighted by molar-refractivity contribution is -0.126. The zero-order valence-electron chi connectivity index (χ0n) is 14.7. The summed E-state index contributed by atoms with van der Waals surface area (Å²) in [7, 11) is 0. The Morgan fingerprint density at radius 2 is 1.54 bits per heavy atom. The number of carbonyl (C=O) groups is 2. The Morgan fingerprint density at radius 1 is 0.857 bits per heavy atom. The first-order valence-corrected chi connectivity index (χ1v) is 9.84. The molecule has 5 nitrogen and oxygen atoms in total. The molecular formula is C20H16Cl2FN3O2. The first-order valence-electron chi connectivity index (χ1n) is 9.09. The Kier molecular flexibility index (Phi) is 4.21. The zero-order chi connectivity index (χ0) is 19.6. The van der Waals surface area contributed by atoms with Crippen molar-refractivity contribution in [2.75, 3.05) is 18.0 Å². The molecule has 8 heteroatoms. The Morgan fingerprint density at radius 3 is 2.21 bits per heavy atom. The lowest BCUT2D eigenvalue weighted by Crippen LogP contribution is -2.44. The van der Waals surface area contributed by atoms with E-state index in [4.69, 9.17) is 23.2 Å². The van der Waals surface area contributed by atoms with Crippen LogP contribution in [0.15, 0.2) is 42.5 Å². The van der Waals surface area contributed by atoms with Crippen LogP contribution in [-0.4, -0.2) is 41.0 Å². The van der Waals surface area contributed by atoms with Crippen LogP contribution in [0.4, 0.5) is 10.1 Å². The normalized spacial score (nSPS) is 27.5. The summed E-state index contributed by atoms with van der Waals surface area (Å²) in [5.74, 6) is -1.41. The second kappa shape index (κ2) is 6.52. The van der Waals surface area contributed by atoms with Gasteiger partial charge in [-0.2, -0.15) is 0 Å². The van der Waals surface area contributed by atoms with Crippen molar-refractivity contribution in [1.29, 1.82) is 0 Å². The number of fused-ring (bicyclic) bond motifs is 3. The number of hydrogen-bond acceptors (Lipinski definition) is 4. The van der Waals surface area contributed by atoms with Crippen LogP contribution in [0.1, 0.15) is 18.0 Å². The summed E-state index contributed by atoms with van der Waals surface area (Å²) < 4.78 is 13.4. The van der Waals surface area contributed by atoms with Gasteiger partial charge in [-0.15, -0.1) is 0 Å². The minimum Gasteiger partial charge on any atom is -0.274 e. The number of rotatable bonds is 2. The summed E-state index contributed by atoms with van der Waals surface area (Å²) in [6.07, 6.45) is 0.912. The van der Waals surface area contributed by atoms with Crippen molar-refractivity contribution in [3.63, 3.8) is 0 Å². The molecule has 0 saturated carbocycles. The fourth-order valence-electron chi connectivity index (χ4n) is 4.65. The molecule has 2 aromatic carbocycles. The summed E-state index contributed by atoms with van der Waals surface area (Å²) in [5.41, 5.74) is 1.25. The fourth-order valence-corrected chi connectivity index (χ4v) is 4.94. The maximum absolute atomic E-state index is 13.4. The number of halogens is 3. The van der Waals surface area contributed by atoms with Crippen LogP contribution in [0.3, 0.4) is 0 Å². The third-order valence-corrected chi connectivity index (χ3v) is 6.52. The van der Waals surface area contributed by atoms with Gasteiger partial charge in [0.2, 0.25) is 5.91 Å². The van der Waals surface area contributed by atoms with Crippen molar-refractivity contribution in [2.24, 2.45) is 5.92 Å². The molecule has 28 heavy (non-hydrogen) atoms. The summed E-state index contributed by atoms with van der Waals surface area (Å²) >= 11 is 12.1. The molecule has 3 atom stereocenters. The van der Waals surface area contributed by atoms with Gasteiger partial charge in [-0.25, -0.2) is 19.3 Å². The van der Waals surface area contributed by atoms with Gasteiger partial charge in [0.15, 0.2) is 0 Å². The van der Waals surface area contributed by atoms with Crippen LogP contribution in [0.5, 0.6) is 0 Å². The van der Waals surface area contributed by atoms with Gasteiger partial charge in [0, 0.05) is 13.1 Å². The van der Waals surface area contributed by atoms with E-state index < -0.39 is 12.0 Å². The Hall–Kier alpha value is -1.99. The first-order chi connectivity index (χ1) is 13.5. The Bertz CT molecular complexity index is 984. The van der Waals surface area contributed by atoms with Gasteiger partial charge in [-0.05, 0) is 42.3 Å². The number of imide groups is 1.